The Morgan fingerprint density at radius 2 is 1.79 bits per heavy atom. The lowest BCUT2D eigenvalue weighted by atomic mass is 10.1. The Morgan fingerprint density at radius 1 is 1.02 bits per heavy atom. The second kappa shape index (κ2) is 13.5. The molecule has 5 rings (SSSR count). The summed E-state index contributed by atoms with van der Waals surface area (Å²) in [4.78, 5) is 42.0. The summed E-state index contributed by atoms with van der Waals surface area (Å²) >= 11 is 0.766. The van der Waals surface area contributed by atoms with Crippen molar-refractivity contribution in [2.75, 3.05) is 49.7 Å². The van der Waals surface area contributed by atoms with Crippen molar-refractivity contribution in [3.05, 3.63) is 88.6 Å². The van der Waals surface area contributed by atoms with Crippen LogP contribution < -0.4 is 19.7 Å². The number of ether oxygens (including phenoxy) is 3. The summed E-state index contributed by atoms with van der Waals surface area (Å²) in [7, 11) is 0. The second-order valence-electron chi connectivity index (χ2n) is 9.45. The Balaban J connectivity index is 1.25. The molecule has 0 spiro atoms. The van der Waals surface area contributed by atoms with Crippen LogP contribution in [0.3, 0.4) is 0 Å². The van der Waals surface area contributed by atoms with Crippen molar-refractivity contribution in [2.45, 2.75) is 13.5 Å². The number of halogens is 1. The van der Waals surface area contributed by atoms with Gasteiger partial charge < -0.3 is 24.4 Å². The average molecular weight is 592 g/mol. The number of rotatable bonds is 10. The van der Waals surface area contributed by atoms with Crippen molar-refractivity contribution >= 4 is 46.3 Å². The fourth-order valence-electron chi connectivity index (χ4n) is 4.55. The first kappa shape index (κ1) is 29.2. The highest BCUT2D eigenvalue weighted by Crippen LogP contribution is 2.35. The fourth-order valence-corrected chi connectivity index (χ4v) is 5.39. The van der Waals surface area contributed by atoms with E-state index in [0.717, 1.165) is 22.3 Å². The summed E-state index contributed by atoms with van der Waals surface area (Å²) < 4.78 is 30.9. The second-order valence-corrected chi connectivity index (χ2v) is 10.4. The molecule has 0 radical (unpaired) electrons. The Morgan fingerprint density at radius 3 is 2.57 bits per heavy atom. The number of benzene rings is 3. The van der Waals surface area contributed by atoms with Crippen LogP contribution in [0.2, 0.25) is 0 Å². The normalized spacial score (nSPS) is 16.2. The van der Waals surface area contributed by atoms with Gasteiger partial charge in [-0.1, -0.05) is 36.4 Å². The number of carbonyl (C=O) groups excluding carboxylic acids is 3. The number of hydrogen-bond acceptors (Lipinski definition) is 8. The van der Waals surface area contributed by atoms with E-state index in [1.807, 2.05) is 25.1 Å². The van der Waals surface area contributed by atoms with Crippen LogP contribution in [0.15, 0.2) is 71.6 Å². The van der Waals surface area contributed by atoms with E-state index < -0.39 is 23.6 Å². The molecule has 0 aromatic heterocycles. The zero-order chi connectivity index (χ0) is 29.5. The largest absolute Gasteiger partial charge is 0.490 e. The quantitative estimate of drug-likeness (QED) is 0.317. The van der Waals surface area contributed by atoms with Gasteiger partial charge in [0.05, 0.1) is 36.1 Å². The molecule has 42 heavy (non-hydrogen) atoms. The molecular formula is C31H30FN3O6S. The number of thioether (sulfide) groups is 1. The minimum Gasteiger partial charge on any atom is -0.490 e. The molecule has 2 saturated heterocycles. The maximum absolute atomic E-state index is 14.0. The number of nitrogens with one attached hydrogen (secondary N) is 1. The highest BCUT2D eigenvalue weighted by Gasteiger charge is 2.36. The summed E-state index contributed by atoms with van der Waals surface area (Å²) in [6, 6.07) is 18.8. The van der Waals surface area contributed by atoms with Crippen LogP contribution in [0.25, 0.3) is 6.08 Å². The molecule has 11 heteroatoms. The Kier molecular flexibility index (Phi) is 9.40. The molecule has 2 aliphatic rings. The van der Waals surface area contributed by atoms with Gasteiger partial charge in [0.2, 0.25) is 5.91 Å². The predicted octanol–water partition coefficient (Wildman–Crippen LogP) is 5.32. The molecule has 2 fully saturated rings. The monoisotopic (exact) mass is 591 g/mol. The maximum atomic E-state index is 14.0. The van der Waals surface area contributed by atoms with Gasteiger partial charge in [-0.05, 0) is 60.7 Å². The highest BCUT2D eigenvalue weighted by atomic mass is 32.2. The zero-order valence-corrected chi connectivity index (χ0v) is 23.8. The lowest BCUT2D eigenvalue weighted by Gasteiger charge is -2.30. The van der Waals surface area contributed by atoms with E-state index in [0.29, 0.717) is 61.2 Å². The highest BCUT2D eigenvalue weighted by molar-refractivity contribution is 8.18. The standard InChI is InChI=1S/C31H30FN3O6S/c1-2-40-27-17-21(11-12-26(27)41-20-22-7-3-4-8-23(22)32)18-28-30(37)35(31(38)42-28)19-29(36)33-24-9-5-6-10-25(24)34-13-15-39-16-14-34/h3-12,17-18H,2,13-16,19-20H2,1H3,(H,33,36)/b28-18+. The molecule has 0 saturated carbocycles. The molecule has 0 unspecified atom stereocenters. The maximum Gasteiger partial charge on any atom is 0.294 e. The van der Waals surface area contributed by atoms with Crippen LogP contribution in [0.1, 0.15) is 18.1 Å². The molecule has 0 bridgehead atoms. The number of nitrogens with zero attached hydrogens (tertiary/aromatic N) is 2. The number of para-hydroxylation sites is 2. The van der Waals surface area contributed by atoms with Crippen LogP contribution in [0, 0.1) is 5.82 Å². The Labute approximate surface area is 247 Å². The van der Waals surface area contributed by atoms with Crippen LogP contribution in [-0.4, -0.2) is 61.4 Å². The van der Waals surface area contributed by atoms with Crippen molar-refractivity contribution in [1.82, 2.24) is 4.90 Å². The van der Waals surface area contributed by atoms with Crippen molar-refractivity contribution in [2.24, 2.45) is 0 Å². The van der Waals surface area contributed by atoms with Crippen LogP contribution in [0.4, 0.5) is 20.6 Å². The molecule has 9 nitrogen and oxygen atoms in total. The van der Waals surface area contributed by atoms with E-state index in [1.165, 1.54) is 6.07 Å². The smallest absolute Gasteiger partial charge is 0.294 e. The van der Waals surface area contributed by atoms with E-state index in [2.05, 4.69) is 10.2 Å². The Hall–Kier alpha value is -4.35. The SMILES string of the molecule is CCOc1cc(/C=C2/SC(=O)N(CC(=O)Nc3ccccc3N3CCOCC3)C2=O)ccc1OCc1ccccc1F. The summed E-state index contributed by atoms with van der Waals surface area (Å²) in [6.07, 6.45) is 1.57. The summed E-state index contributed by atoms with van der Waals surface area (Å²) in [5.74, 6) is -0.564. The van der Waals surface area contributed by atoms with Crippen LogP contribution in [-0.2, 0) is 20.9 Å². The molecule has 2 heterocycles. The van der Waals surface area contributed by atoms with E-state index >= 15 is 0 Å². The van der Waals surface area contributed by atoms with E-state index in [1.54, 1.807) is 48.5 Å². The molecule has 0 atom stereocenters. The third-order valence-electron chi connectivity index (χ3n) is 6.61. The lowest BCUT2D eigenvalue weighted by Crippen LogP contribution is -2.38. The number of anilines is 2. The van der Waals surface area contributed by atoms with Crippen LogP contribution in [0.5, 0.6) is 11.5 Å². The molecule has 3 amide bonds. The predicted molar refractivity (Wildman–Crippen MR) is 159 cm³/mol. The lowest BCUT2D eigenvalue weighted by molar-refractivity contribution is -0.127. The molecule has 0 aliphatic carbocycles. The van der Waals surface area contributed by atoms with Gasteiger partial charge in [0, 0.05) is 18.7 Å². The number of carbonyl (C=O) groups is 3. The van der Waals surface area contributed by atoms with Gasteiger partial charge in [0.15, 0.2) is 11.5 Å². The fraction of sp³-hybridized carbons (Fsp3) is 0.258. The molecular weight excluding hydrogens is 561 g/mol. The minimum atomic E-state index is -0.556. The molecule has 1 N–H and O–H groups in total. The van der Waals surface area contributed by atoms with Gasteiger partial charge in [-0.25, -0.2) is 4.39 Å². The van der Waals surface area contributed by atoms with Crippen molar-refractivity contribution < 1.29 is 33.0 Å². The number of imide groups is 1. The number of hydrogen-bond donors (Lipinski definition) is 1. The first-order chi connectivity index (χ1) is 20.4. The van der Waals surface area contributed by atoms with Crippen LogP contribution >= 0.6 is 11.8 Å². The van der Waals surface area contributed by atoms with Gasteiger partial charge in [-0.2, -0.15) is 0 Å². The molecule has 218 valence electrons. The number of morpholine rings is 1. The summed E-state index contributed by atoms with van der Waals surface area (Å²) in [5.41, 5.74) is 2.47. The van der Waals surface area contributed by atoms with E-state index in [4.69, 9.17) is 14.2 Å². The topological polar surface area (TPSA) is 97.4 Å². The van der Waals surface area contributed by atoms with Crippen molar-refractivity contribution in [3.63, 3.8) is 0 Å². The Bertz CT molecular complexity index is 1510. The third kappa shape index (κ3) is 6.92. The van der Waals surface area contributed by atoms with Gasteiger partial charge >= 0.3 is 0 Å². The van der Waals surface area contributed by atoms with Gasteiger partial charge in [-0.15, -0.1) is 0 Å². The third-order valence-corrected chi connectivity index (χ3v) is 7.52. The summed E-state index contributed by atoms with van der Waals surface area (Å²) in [6.45, 7) is 4.38. The van der Waals surface area contributed by atoms with Gasteiger partial charge in [0.1, 0.15) is 19.0 Å². The first-order valence-electron chi connectivity index (χ1n) is 13.5. The summed E-state index contributed by atoms with van der Waals surface area (Å²) in [5, 5.41) is 2.32. The first-order valence-corrected chi connectivity index (χ1v) is 14.3. The van der Waals surface area contributed by atoms with Crippen molar-refractivity contribution in [1.29, 1.82) is 0 Å². The number of amides is 3. The van der Waals surface area contributed by atoms with Gasteiger partial charge in [-0.3, -0.25) is 19.3 Å². The van der Waals surface area contributed by atoms with E-state index in [9.17, 15) is 18.8 Å². The molecule has 2 aliphatic heterocycles. The molecule has 3 aromatic carbocycles. The van der Waals surface area contributed by atoms with Crippen molar-refractivity contribution in [3.8, 4) is 11.5 Å². The van der Waals surface area contributed by atoms with Gasteiger partial charge in [0.25, 0.3) is 11.1 Å². The zero-order valence-electron chi connectivity index (χ0n) is 23.0. The average Bonchev–Trinajstić information content (AvgIpc) is 3.25. The molecule has 3 aromatic rings. The minimum absolute atomic E-state index is 0.0178. The van der Waals surface area contributed by atoms with E-state index in [-0.39, 0.29) is 17.3 Å².